The van der Waals surface area contributed by atoms with Crippen LogP contribution >= 0.6 is 0 Å². The fourth-order valence-corrected chi connectivity index (χ4v) is 9.23. The zero-order valence-electron chi connectivity index (χ0n) is 23.2. The van der Waals surface area contributed by atoms with Gasteiger partial charge in [-0.3, -0.25) is 14.4 Å². The first-order chi connectivity index (χ1) is 19.0. The molecular weight excluding hydrogens is 533 g/mol. The van der Waals surface area contributed by atoms with Crippen LogP contribution in [0.4, 0.5) is 15.5 Å². The summed E-state index contributed by atoms with van der Waals surface area (Å²) in [5.41, 5.74) is -0.178. The van der Waals surface area contributed by atoms with Crippen molar-refractivity contribution in [1.29, 1.82) is 0 Å². The Kier molecular flexibility index (Phi) is 7.49. The Morgan fingerprint density at radius 3 is 2.62 bits per heavy atom. The molecule has 0 bridgehead atoms. The number of aliphatic hydroxyl groups excluding tert-OH is 1. The summed E-state index contributed by atoms with van der Waals surface area (Å²) in [5, 5.41) is 15.4. The number of methoxy groups -OCH3 is 1. The zero-order valence-corrected chi connectivity index (χ0v) is 24.2. The van der Waals surface area contributed by atoms with Gasteiger partial charge in [0.05, 0.1) is 32.3 Å². The number of amides is 3. The minimum Gasteiger partial charge on any atom is -0.497 e. The fourth-order valence-electron chi connectivity index (χ4n) is 6.73. The van der Waals surface area contributed by atoms with Gasteiger partial charge in [0.1, 0.15) is 5.75 Å². The van der Waals surface area contributed by atoms with Gasteiger partial charge >= 0.3 is 0 Å². The first-order valence-electron chi connectivity index (χ1n) is 13.7. The van der Waals surface area contributed by atoms with Gasteiger partial charge in [0.2, 0.25) is 14.3 Å². The van der Waals surface area contributed by atoms with Crippen LogP contribution in [0.2, 0.25) is 18.6 Å². The number of nitrogens with zero attached hydrogens (tertiary/aromatic N) is 1. The molecule has 0 unspecified atom stereocenters. The average molecular weight is 570 g/mol. The number of aliphatic hydroxyl groups is 1. The second kappa shape index (κ2) is 10.6. The molecule has 2 saturated heterocycles. The van der Waals surface area contributed by atoms with Gasteiger partial charge in [0, 0.05) is 40.5 Å². The highest BCUT2D eigenvalue weighted by Crippen LogP contribution is 2.59. The summed E-state index contributed by atoms with van der Waals surface area (Å²) in [6, 6.07) is 11.5. The van der Waals surface area contributed by atoms with E-state index >= 15 is 4.11 Å². The summed E-state index contributed by atoms with van der Waals surface area (Å²) in [4.78, 5) is 41.4. The predicted molar refractivity (Wildman–Crippen MR) is 151 cm³/mol. The van der Waals surface area contributed by atoms with Crippen molar-refractivity contribution < 1.29 is 33.1 Å². The Hall–Kier alpha value is -3.28. The minimum absolute atomic E-state index is 0.0654. The van der Waals surface area contributed by atoms with E-state index in [1.54, 1.807) is 67.6 Å². The van der Waals surface area contributed by atoms with Crippen LogP contribution in [-0.4, -0.2) is 68.5 Å². The standard InChI is InChI=1S/C29H36FN3O6Si/c1-17-26(40(3,4)30)24(15-25(35)33-13-5-6-20(33)16-34)39-29(17)22-14-19(9-12-23(22)32-28(29)37)31-27(36)18-7-10-21(38-2)11-8-18/h7-12,14,17,20,24,26,34H,5-6,13,15-16H2,1-4H3,(H,31,36)(H,32,37)/t17-,20+,24+,26-,29+/m1/s1. The van der Waals surface area contributed by atoms with Gasteiger partial charge in [0.25, 0.3) is 11.8 Å². The van der Waals surface area contributed by atoms with Crippen molar-refractivity contribution in [3.63, 3.8) is 0 Å². The van der Waals surface area contributed by atoms with Gasteiger partial charge in [-0.25, -0.2) is 0 Å². The van der Waals surface area contributed by atoms with Gasteiger partial charge in [-0.05, 0) is 68.4 Å². The van der Waals surface area contributed by atoms with Crippen molar-refractivity contribution in [2.45, 2.75) is 62.6 Å². The SMILES string of the molecule is COc1ccc(C(=O)Nc2ccc3c(c2)[C@]2(O[C@@H](CC(=O)N4CCC[C@H]4CO)[C@H]([Si](C)(C)F)[C@H]2C)C(=O)N3)cc1. The number of likely N-dealkylation sites (tertiary alicyclic amines) is 1. The smallest absolute Gasteiger partial charge is 0.261 e. The van der Waals surface area contributed by atoms with Crippen molar-refractivity contribution in [1.82, 2.24) is 4.90 Å². The molecule has 3 heterocycles. The molecule has 3 amide bonds. The van der Waals surface area contributed by atoms with E-state index in [-0.39, 0.29) is 30.9 Å². The van der Waals surface area contributed by atoms with E-state index in [1.165, 1.54) is 0 Å². The number of carbonyl (C=O) groups is 3. The van der Waals surface area contributed by atoms with Gasteiger partial charge in [-0.1, -0.05) is 6.92 Å². The molecule has 5 rings (SSSR count). The molecule has 2 aromatic rings. The summed E-state index contributed by atoms with van der Waals surface area (Å²) in [6.45, 7) is 5.40. The molecule has 2 aromatic carbocycles. The van der Waals surface area contributed by atoms with E-state index in [9.17, 15) is 19.5 Å². The molecule has 3 aliphatic heterocycles. The molecule has 3 aliphatic rings. The summed E-state index contributed by atoms with van der Waals surface area (Å²) < 4.78 is 27.6. The topological polar surface area (TPSA) is 117 Å². The maximum atomic E-state index is 15.9. The maximum Gasteiger partial charge on any atom is 0.261 e. The first kappa shape index (κ1) is 28.3. The molecule has 5 atom stereocenters. The Morgan fingerprint density at radius 2 is 1.98 bits per heavy atom. The second-order valence-corrected chi connectivity index (χ2v) is 15.2. The molecule has 0 aliphatic carbocycles. The summed E-state index contributed by atoms with van der Waals surface area (Å²) >= 11 is 0. The minimum atomic E-state index is -3.42. The van der Waals surface area contributed by atoms with Crippen LogP contribution in [-0.2, 0) is 19.9 Å². The first-order valence-corrected chi connectivity index (χ1v) is 16.6. The number of carbonyl (C=O) groups excluding carboxylic acids is 3. The summed E-state index contributed by atoms with van der Waals surface area (Å²) in [7, 11) is -1.88. The number of fused-ring (bicyclic) bond motifs is 2. The van der Waals surface area contributed by atoms with Crippen molar-refractivity contribution in [3.05, 3.63) is 53.6 Å². The molecule has 11 heteroatoms. The van der Waals surface area contributed by atoms with Crippen molar-refractivity contribution in [2.24, 2.45) is 5.92 Å². The van der Waals surface area contributed by atoms with Crippen LogP contribution in [0.1, 0.15) is 42.1 Å². The third kappa shape index (κ3) is 4.80. The molecule has 2 fully saturated rings. The van der Waals surface area contributed by atoms with Crippen LogP contribution < -0.4 is 15.4 Å². The quantitative estimate of drug-likeness (QED) is 0.342. The molecule has 0 radical (unpaired) electrons. The molecule has 214 valence electrons. The van der Waals surface area contributed by atoms with E-state index in [0.29, 0.717) is 34.8 Å². The number of anilines is 2. The molecule has 9 nitrogen and oxygen atoms in total. The number of nitrogens with one attached hydrogen (secondary N) is 2. The average Bonchev–Trinajstić information content (AvgIpc) is 3.59. The third-order valence-electron chi connectivity index (χ3n) is 8.61. The molecule has 0 aromatic heterocycles. The number of hydrogen-bond donors (Lipinski definition) is 3. The number of benzene rings is 2. The van der Waals surface area contributed by atoms with Gasteiger partial charge in [-0.2, -0.15) is 0 Å². The van der Waals surface area contributed by atoms with Crippen LogP contribution in [0.25, 0.3) is 0 Å². The summed E-state index contributed by atoms with van der Waals surface area (Å²) in [6.07, 6.45) is 0.658. The Labute approximate surface area is 234 Å². The monoisotopic (exact) mass is 569 g/mol. The fraction of sp³-hybridized carbons (Fsp3) is 0.483. The number of halogens is 1. The Morgan fingerprint density at radius 1 is 1.25 bits per heavy atom. The number of hydrogen-bond acceptors (Lipinski definition) is 6. The lowest BCUT2D eigenvalue weighted by molar-refractivity contribution is -0.148. The number of ether oxygens (including phenoxy) is 2. The van der Waals surface area contributed by atoms with Crippen LogP contribution in [0.15, 0.2) is 42.5 Å². The highest BCUT2D eigenvalue weighted by atomic mass is 28.4. The van der Waals surface area contributed by atoms with Crippen molar-refractivity contribution >= 4 is 37.5 Å². The van der Waals surface area contributed by atoms with Crippen LogP contribution in [0.5, 0.6) is 5.75 Å². The lowest BCUT2D eigenvalue weighted by Crippen LogP contribution is -2.42. The van der Waals surface area contributed by atoms with Gasteiger partial charge in [0.15, 0.2) is 5.60 Å². The van der Waals surface area contributed by atoms with Gasteiger partial charge < -0.3 is 34.2 Å². The summed E-state index contributed by atoms with van der Waals surface area (Å²) in [5.74, 6) is -0.865. The molecule has 1 spiro atoms. The Bertz CT molecular complexity index is 1320. The van der Waals surface area contributed by atoms with E-state index in [2.05, 4.69) is 10.6 Å². The normalized spacial score (nSPS) is 27.6. The van der Waals surface area contributed by atoms with E-state index in [1.807, 2.05) is 6.92 Å². The molecule has 0 saturated carbocycles. The van der Waals surface area contributed by atoms with Crippen molar-refractivity contribution in [2.75, 3.05) is 30.9 Å². The largest absolute Gasteiger partial charge is 0.497 e. The van der Waals surface area contributed by atoms with Crippen LogP contribution in [0.3, 0.4) is 0 Å². The third-order valence-corrected chi connectivity index (χ3v) is 11.1. The maximum absolute atomic E-state index is 15.9. The molecular formula is C29H36FN3O6Si. The predicted octanol–water partition coefficient (Wildman–Crippen LogP) is 4.05. The second-order valence-electron chi connectivity index (χ2n) is 11.4. The lowest BCUT2D eigenvalue weighted by atomic mass is 9.82. The Balaban J connectivity index is 1.44. The van der Waals surface area contributed by atoms with Crippen molar-refractivity contribution in [3.8, 4) is 5.75 Å². The van der Waals surface area contributed by atoms with E-state index in [0.717, 1.165) is 12.8 Å². The van der Waals surface area contributed by atoms with E-state index < -0.39 is 37.5 Å². The molecule has 3 N–H and O–H groups in total. The number of rotatable bonds is 7. The van der Waals surface area contributed by atoms with Crippen LogP contribution in [0, 0.1) is 5.92 Å². The zero-order chi connectivity index (χ0) is 28.8. The highest BCUT2D eigenvalue weighted by Gasteiger charge is 2.65. The highest BCUT2D eigenvalue weighted by molar-refractivity contribution is 6.72. The van der Waals surface area contributed by atoms with Gasteiger partial charge in [-0.15, -0.1) is 0 Å². The lowest BCUT2D eigenvalue weighted by Gasteiger charge is -2.31. The molecule has 40 heavy (non-hydrogen) atoms. The van der Waals surface area contributed by atoms with E-state index in [4.69, 9.17) is 9.47 Å².